The number of hydrogen-bond acceptors (Lipinski definition) is 8. The van der Waals surface area contributed by atoms with E-state index in [1.54, 1.807) is 12.1 Å². The Balaban J connectivity index is 0.000000229. The monoisotopic (exact) mass is 1100 g/mol. The Morgan fingerprint density at radius 2 is 0.700 bits per heavy atom. The van der Waals surface area contributed by atoms with Gasteiger partial charge >= 0.3 is 0 Å². The highest BCUT2D eigenvalue weighted by molar-refractivity contribution is 5.83. The Labute approximate surface area is 482 Å². The van der Waals surface area contributed by atoms with E-state index in [4.69, 9.17) is 0 Å². The fourth-order valence-corrected chi connectivity index (χ4v) is 10.5. The number of carbonyl (C=O) groups is 4. The van der Waals surface area contributed by atoms with E-state index in [-0.39, 0.29) is 64.6 Å². The van der Waals surface area contributed by atoms with E-state index in [9.17, 15) is 23.6 Å². The first kappa shape index (κ1) is 67.0. The molecule has 4 aromatic carbocycles. The van der Waals surface area contributed by atoms with Crippen molar-refractivity contribution in [3.05, 3.63) is 142 Å². The number of amides is 4. The molecule has 4 aliphatic rings. The zero-order chi connectivity index (χ0) is 58.1. The molecular weight excluding hydrogens is 1000 g/mol. The molecular formula is C67H103FN8O4. The quantitative estimate of drug-likeness (QED) is 0.137. The third-order valence-corrected chi connectivity index (χ3v) is 14.6. The molecule has 4 N–H and O–H groups in total. The molecule has 442 valence electrons. The number of carbonyl (C=O) groups excluding carboxylic acids is 4. The second-order valence-corrected chi connectivity index (χ2v) is 26.5. The lowest BCUT2D eigenvalue weighted by atomic mass is 9.93. The van der Waals surface area contributed by atoms with Crippen LogP contribution in [0.25, 0.3) is 0 Å². The molecule has 4 aliphatic heterocycles. The summed E-state index contributed by atoms with van der Waals surface area (Å²) in [6.45, 7) is 37.8. The lowest BCUT2D eigenvalue weighted by molar-refractivity contribution is -0.141. The number of nitrogens with one attached hydrogen (secondary N) is 4. The van der Waals surface area contributed by atoms with Gasteiger partial charge in [0.05, 0.1) is 0 Å². The van der Waals surface area contributed by atoms with Crippen molar-refractivity contribution in [3.8, 4) is 0 Å². The fourth-order valence-electron chi connectivity index (χ4n) is 10.5. The van der Waals surface area contributed by atoms with Crippen LogP contribution in [0.3, 0.4) is 0 Å². The molecule has 8 rings (SSSR count). The number of nitrogens with zero attached hydrogens (tertiary/aromatic N) is 4. The minimum atomic E-state index is -0.346. The van der Waals surface area contributed by atoms with Gasteiger partial charge in [0, 0.05) is 124 Å². The van der Waals surface area contributed by atoms with Crippen molar-refractivity contribution in [1.29, 1.82) is 0 Å². The van der Waals surface area contributed by atoms with E-state index >= 15 is 0 Å². The summed E-state index contributed by atoms with van der Waals surface area (Å²) in [5, 5.41) is 14.0. The standard InChI is InChI=1S/2C17H26N2O.C16H23FN2O.C16H24N2O.CH4/c1-13-5-7-14(8-6-13)11-15-12-19(10-9-18-15)16(20)17(2,3)4;1-13-6-5-7-14(10-13)11-15-12-19(9-8-18-15)16(20)17(2,3)4;1-16(2,3)15(20)19-8-7-18-14(11-19)10-12-5-4-6-13(17)9-12;1-16(2,3)15(19)18-10-9-17-14(12-18)11-13-7-5-4-6-8-13;/h5-8,15,18H,9-12H2,1-4H3;5-7,10,15,18H,8-9,11-12H2,1-4H3;4-6,9,14,18H,7-8,10-11H2,1-3H3;4-8,14,17H,9-12H2,1-3H3;1H4. The molecule has 4 aromatic rings. The summed E-state index contributed by atoms with van der Waals surface area (Å²) in [5.41, 5.74) is 6.34. The summed E-state index contributed by atoms with van der Waals surface area (Å²) >= 11 is 0. The molecule has 4 heterocycles. The molecule has 4 atom stereocenters. The smallest absolute Gasteiger partial charge is 0.228 e. The van der Waals surface area contributed by atoms with E-state index in [0.29, 0.717) is 24.7 Å². The molecule has 0 bridgehead atoms. The first-order valence-corrected chi connectivity index (χ1v) is 29.1. The number of piperazine rings is 4. The average molecular weight is 1100 g/mol. The molecule has 0 radical (unpaired) electrons. The molecule has 0 spiro atoms. The minimum Gasteiger partial charge on any atom is -0.339 e. The van der Waals surface area contributed by atoms with Crippen LogP contribution in [0.1, 0.15) is 124 Å². The van der Waals surface area contributed by atoms with Crippen LogP contribution < -0.4 is 21.3 Å². The summed E-state index contributed by atoms with van der Waals surface area (Å²) in [6, 6.07) is 35.7. The Morgan fingerprint density at radius 3 is 1.02 bits per heavy atom. The Kier molecular flexibility index (Phi) is 25.6. The van der Waals surface area contributed by atoms with Crippen LogP contribution in [-0.2, 0) is 44.9 Å². The van der Waals surface area contributed by atoms with Crippen molar-refractivity contribution in [2.45, 2.75) is 154 Å². The first-order valence-electron chi connectivity index (χ1n) is 29.1. The Hall–Kier alpha value is -5.47. The van der Waals surface area contributed by atoms with Gasteiger partial charge in [0.25, 0.3) is 0 Å². The van der Waals surface area contributed by atoms with Crippen molar-refractivity contribution >= 4 is 23.6 Å². The second kappa shape index (κ2) is 30.5. The van der Waals surface area contributed by atoms with Gasteiger partial charge in [-0.15, -0.1) is 0 Å². The molecule has 0 saturated carbocycles. The third-order valence-electron chi connectivity index (χ3n) is 14.6. The SMILES string of the molecule is C.CC(C)(C)C(=O)N1CCNC(Cc2cccc(F)c2)C1.CC(C)(C)C(=O)N1CCNC(Cc2ccccc2)C1.Cc1ccc(CC2CN(C(=O)C(C)(C)C)CCN2)cc1.Cc1cccc(CC2CN(C(=O)C(C)(C)C)CCN2)c1. The molecule has 4 amide bonds. The van der Waals surface area contributed by atoms with Crippen molar-refractivity contribution in [3.63, 3.8) is 0 Å². The van der Waals surface area contributed by atoms with E-state index < -0.39 is 0 Å². The summed E-state index contributed by atoms with van der Waals surface area (Å²) in [6.07, 6.45) is 3.68. The van der Waals surface area contributed by atoms with Gasteiger partial charge < -0.3 is 40.9 Å². The molecule has 0 aliphatic carbocycles. The van der Waals surface area contributed by atoms with Gasteiger partial charge in [-0.05, 0) is 73.9 Å². The second-order valence-electron chi connectivity index (χ2n) is 26.5. The predicted molar refractivity (Wildman–Crippen MR) is 328 cm³/mol. The minimum absolute atomic E-state index is 0. The third kappa shape index (κ3) is 22.5. The summed E-state index contributed by atoms with van der Waals surface area (Å²) < 4.78 is 13.2. The Morgan fingerprint density at radius 1 is 0.400 bits per heavy atom. The number of halogens is 1. The average Bonchev–Trinajstić information content (AvgIpc) is 3.39. The summed E-state index contributed by atoms with van der Waals surface area (Å²) in [5.74, 6) is 0.748. The molecule has 4 saturated heterocycles. The number of benzene rings is 4. The summed E-state index contributed by atoms with van der Waals surface area (Å²) in [7, 11) is 0. The lowest BCUT2D eigenvalue weighted by Crippen LogP contribution is -2.55. The molecule has 4 fully saturated rings. The van der Waals surface area contributed by atoms with E-state index in [1.165, 1.54) is 33.9 Å². The maximum atomic E-state index is 13.2. The van der Waals surface area contributed by atoms with E-state index in [2.05, 4.69) is 108 Å². The highest BCUT2D eigenvalue weighted by atomic mass is 19.1. The maximum Gasteiger partial charge on any atom is 0.228 e. The largest absolute Gasteiger partial charge is 0.339 e. The highest BCUT2D eigenvalue weighted by Gasteiger charge is 2.34. The molecule has 4 unspecified atom stereocenters. The Bertz CT molecular complexity index is 2460. The number of hydrogen-bond donors (Lipinski definition) is 4. The van der Waals surface area contributed by atoms with Crippen molar-refractivity contribution in [2.75, 3.05) is 78.5 Å². The van der Waals surface area contributed by atoms with Crippen molar-refractivity contribution in [1.82, 2.24) is 40.9 Å². The van der Waals surface area contributed by atoms with Crippen LogP contribution in [0, 0.1) is 41.3 Å². The van der Waals surface area contributed by atoms with Gasteiger partial charge in [-0.2, -0.15) is 0 Å². The van der Waals surface area contributed by atoms with Crippen molar-refractivity contribution < 1.29 is 23.6 Å². The molecule has 13 heteroatoms. The molecule has 12 nitrogen and oxygen atoms in total. The van der Waals surface area contributed by atoms with Gasteiger partial charge in [-0.25, -0.2) is 4.39 Å². The molecule has 0 aromatic heterocycles. The van der Waals surface area contributed by atoms with E-state index in [0.717, 1.165) is 103 Å². The highest BCUT2D eigenvalue weighted by Crippen LogP contribution is 2.23. The van der Waals surface area contributed by atoms with Crippen LogP contribution >= 0.6 is 0 Å². The molecule has 80 heavy (non-hydrogen) atoms. The van der Waals surface area contributed by atoms with E-state index in [1.807, 2.05) is 115 Å². The first-order chi connectivity index (χ1) is 37.0. The van der Waals surface area contributed by atoms with Gasteiger partial charge in [0.15, 0.2) is 0 Å². The van der Waals surface area contributed by atoms with Gasteiger partial charge in [0.1, 0.15) is 5.82 Å². The van der Waals surface area contributed by atoms with Crippen LogP contribution in [0.5, 0.6) is 0 Å². The predicted octanol–water partition coefficient (Wildman–Crippen LogP) is 9.69. The number of aryl methyl sites for hydroxylation is 2. The fraction of sp³-hybridized carbons (Fsp3) is 0.582. The zero-order valence-electron chi connectivity index (χ0n) is 50.7. The van der Waals surface area contributed by atoms with Gasteiger partial charge in [-0.1, -0.05) is 193 Å². The van der Waals surface area contributed by atoms with Gasteiger partial charge in [-0.3, -0.25) is 19.2 Å². The number of rotatable bonds is 8. The van der Waals surface area contributed by atoms with Crippen LogP contribution in [0.2, 0.25) is 0 Å². The lowest BCUT2D eigenvalue weighted by Gasteiger charge is -2.37. The van der Waals surface area contributed by atoms with Crippen LogP contribution in [-0.4, -0.2) is 146 Å². The van der Waals surface area contributed by atoms with Crippen LogP contribution in [0.4, 0.5) is 4.39 Å². The van der Waals surface area contributed by atoms with Gasteiger partial charge in [0.2, 0.25) is 23.6 Å². The normalized spacial score (nSPS) is 19.8. The van der Waals surface area contributed by atoms with Crippen molar-refractivity contribution in [2.24, 2.45) is 21.7 Å². The summed E-state index contributed by atoms with van der Waals surface area (Å²) in [4.78, 5) is 57.3. The topological polar surface area (TPSA) is 129 Å². The van der Waals surface area contributed by atoms with Crippen LogP contribution in [0.15, 0.2) is 103 Å². The zero-order valence-corrected chi connectivity index (χ0v) is 50.7. The maximum absolute atomic E-state index is 13.2.